The Balaban J connectivity index is 2.15. The van der Waals surface area contributed by atoms with Crippen LogP contribution in [0.4, 0.5) is 4.39 Å². The van der Waals surface area contributed by atoms with E-state index in [1.165, 1.54) is 17.7 Å². The molecule has 0 amide bonds. The molecule has 0 aliphatic heterocycles. The molecular weight excluding hydrogens is 229 g/mol. The zero-order valence-electron chi connectivity index (χ0n) is 10.4. The highest BCUT2D eigenvalue weighted by Crippen LogP contribution is 2.31. The van der Waals surface area contributed by atoms with Crippen molar-refractivity contribution in [1.82, 2.24) is 9.78 Å². The first-order chi connectivity index (χ1) is 8.66. The van der Waals surface area contributed by atoms with Gasteiger partial charge in [0.1, 0.15) is 5.82 Å². The highest BCUT2D eigenvalue weighted by atomic mass is 19.1. The SMILES string of the molecule is Cc1nn(-c2ccc(F)cc2)c2c1CCCC2N. The second-order valence-corrected chi connectivity index (χ2v) is 4.84. The average molecular weight is 245 g/mol. The van der Waals surface area contributed by atoms with Gasteiger partial charge < -0.3 is 5.73 Å². The van der Waals surface area contributed by atoms with Gasteiger partial charge in [-0.05, 0) is 56.0 Å². The molecule has 2 aromatic rings. The van der Waals surface area contributed by atoms with Crippen LogP contribution in [0.2, 0.25) is 0 Å². The van der Waals surface area contributed by atoms with Crippen molar-refractivity contribution in [2.75, 3.05) is 0 Å². The van der Waals surface area contributed by atoms with Crippen molar-refractivity contribution in [3.63, 3.8) is 0 Å². The van der Waals surface area contributed by atoms with Crippen molar-refractivity contribution in [3.05, 3.63) is 47.0 Å². The van der Waals surface area contributed by atoms with Gasteiger partial charge in [0.2, 0.25) is 0 Å². The largest absolute Gasteiger partial charge is 0.323 e. The number of fused-ring (bicyclic) bond motifs is 1. The fourth-order valence-electron chi connectivity index (χ4n) is 2.68. The molecule has 94 valence electrons. The molecule has 1 atom stereocenters. The van der Waals surface area contributed by atoms with E-state index in [1.807, 2.05) is 11.6 Å². The minimum atomic E-state index is -0.235. The van der Waals surface area contributed by atoms with Gasteiger partial charge >= 0.3 is 0 Å². The quantitative estimate of drug-likeness (QED) is 0.839. The first-order valence-corrected chi connectivity index (χ1v) is 6.26. The molecule has 2 N–H and O–H groups in total. The van der Waals surface area contributed by atoms with E-state index < -0.39 is 0 Å². The molecule has 1 heterocycles. The number of hydrogen-bond acceptors (Lipinski definition) is 2. The van der Waals surface area contributed by atoms with Crippen LogP contribution < -0.4 is 5.73 Å². The molecule has 0 radical (unpaired) electrons. The van der Waals surface area contributed by atoms with Crippen molar-refractivity contribution in [2.24, 2.45) is 5.73 Å². The lowest BCUT2D eigenvalue weighted by atomic mass is 9.92. The van der Waals surface area contributed by atoms with E-state index in [1.54, 1.807) is 12.1 Å². The maximum Gasteiger partial charge on any atom is 0.123 e. The van der Waals surface area contributed by atoms with E-state index in [2.05, 4.69) is 5.10 Å². The molecule has 3 nitrogen and oxygen atoms in total. The highest BCUT2D eigenvalue weighted by Gasteiger charge is 2.25. The summed E-state index contributed by atoms with van der Waals surface area (Å²) in [6.07, 6.45) is 3.14. The molecule has 1 aromatic carbocycles. The van der Waals surface area contributed by atoms with Gasteiger partial charge in [0.15, 0.2) is 0 Å². The van der Waals surface area contributed by atoms with Crippen LogP contribution in [0.5, 0.6) is 0 Å². The Hall–Kier alpha value is -1.68. The predicted octanol–water partition coefficient (Wildman–Crippen LogP) is 2.66. The fourth-order valence-corrected chi connectivity index (χ4v) is 2.68. The van der Waals surface area contributed by atoms with Crippen molar-refractivity contribution in [3.8, 4) is 5.69 Å². The van der Waals surface area contributed by atoms with E-state index in [-0.39, 0.29) is 11.9 Å². The van der Waals surface area contributed by atoms with E-state index >= 15 is 0 Å². The zero-order valence-corrected chi connectivity index (χ0v) is 10.4. The number of nitrogens with two attached hydrogens (primary N) is 1. The van der Waals surface area contributed by atoms with Crippen LogP contribution in [-0.2, 0) is 6.42 Å². The molecule has 0 saturated heterocycles. The predicted molar refractivity (Wildman–Crippen MR) is 68.1 cm³/mol. The Morgan fingerprint density at radius 1 is 1.33 bits per heavy atom. The molecule has 18 heavy (non-hydrogen) atoms. The van der Waals surface area contributed by atoms with Crippen LogP contribution in [0.25, 0.3) is 5.69 Å². The topological polar surface area (TPSA) is 43.8 Å². The first kappa shape index (κ1) is 11.4. The molecule has 1 unspecified atom stereocenters. The summed E-state index contributed by atoms with van der Waals surface area (Å²) in [5.74, 6) is -0.235. The molecule has 0 spiro atoms. The monoisotopic (exact) mass is 245 g/mol. The molecule has 3 rings (SSSR count). The number of rotatable bonds is 1. The van der Waals surface area contributed by atoms with Crippen LogP contribution in [0.1, 0.15) is 35.8 Å². The summed E-state index contributed by atoms with van der Waals surface area (Å²) in [4.78, 5) is 0. The van der Waals surface area contributed by atoms with Crippen LogP contribution in [0.3, 0.4) is 0 Å². The standard InChI is InChI=1S/C14H16FN3/c1-9-12-3-2-4-13(16)14(12)18(17-9)11-7-5-10(15)6-8-11/h5-8,13H,2-4,16H2,1H3. The molecule has 1 aromatic heterocycles. The number of aromatic nitrogens is 2. The number of hydrogen-bond donors (Lipinski definition) is 1. The van der Waals surface area contributed by atoms with Crippen molar-refractivity contribution >= 4 is 0 Å². The van der Waals surface area contributed by atoms with Crippen LogP contribution >= 0.6 is 0 Å². The number of aryl methyl sites for hydroxylation is 1. The van der Waals surface area contributed by atoms with E-state index in [4.69, 9.17) is 5.73 Å². The summed E-state index contributed by atoms with van der Waals surface area (Å²) in [5.41, 5.74) is 10.4. The van der Waals surface area contributed by atoms with Crippen molar-refractivity contribution in [2.45, 2.75) is 32.2 Å². The van der Waals surface area contributed by atoms with Gasteiger partial charge in [0.05, 0.1) is 17.1 Å². The second kappa shape index (κ2) is 4.21. The Labute approximate surface area is 105 Å². The average Bonchev–Trinajstić information content (AvgIpc) is 2.70. The number of nitrogens with zero attached hydrogens (tertiary/aromatic N) is 2. The van der Waals surface area contributed by atoms with Gasteiger partial charge in [-0.15, -0.1) is 0 Å². The van der Waals surface area contributed by atoms with Crippen LogP contribution in [-0.4, -0.2) is 9.78 Å². The van der Waals surface area contributed by atoms with Gasteiger partial charge in [-0.25, -0.2) is 9.07 Å². The lowest BCUT2D eigenvalue weighted by Crippen LogP contribution is -2.20. The molecule has 0 fully saturated rings. The highest BCUT2D eigenvalue weighted by molar-refractivity contribution is 5.40. The van der Waals surface area contributed by atoms with Gasteiger partial charge in [-0.1, -0.05) is 0 Å². The summed E-state index contributed by atoms with van der Waals surface area (Å²) >= 11 is 0. The van der Waals surface area contributed by atoms with Crippen LogP contribution in [0, 0.1) is 12.7 Å². The molecule has 1 aliphatic carbocycles. The minimum Gasteiger partial charge on any atom is -0.323 e. The maximum atomic E-state index is 13.0. The summed E-state index contributed by atoms with van der Waals surface area (Å²) in [6.45, 7) is 2.01. The summed E-state index contributed by atoms with van der Waals surface area (Å²) in [7, 11) is 0. The Bertz CT molecular complexity index is 571. The number of halogens is 1. The Morgan fingerprint density at radius 2 is 2.06 bits per heavy atom. The third-order valence-corrected chi connectivity index (χ3v) is 3.59. The smallest absolute Gasteiger partial charge is 0.123 e. The fraction of sp³-hybridized carbons (Fsp3) is 0.357. The van der Waals surface area contributed by atoms with Crippen molar-refractivity contribution in [1.29, 1.82) is 0 Å². The molecule has 0 bridgehead atoms. The van der Waals surface area contributed by atoms with Gasteiger partial charge in [0, 0.05) is 6.04 Å². The normalized spacial score (nSPS) is 18.7. The third-order valence-electron chi connectivity index (χ3n) is 3.59. The second-order valence-electron chi connectivity index (χ2n) is 4.84. The van der Waals surface area contributed by atoms with E-state index in [9.17, 15) is 4.39 Å². The molecule has 1 aliphatic rings. The van der Waals surface area contributed by atoms with Gasteiger partial charge in [0.25, 0.3) is 0 Å². The minimum absolute atomic E-state index is 0.0278. The zero-order chi connectivity index (χ0) is 12.7. The van der Waals surface area contributed by atoms with Gasteiger partial charge in [-0.2, -0.15) is 5.10 Å². The summed E-state index contributed by atoms with van der Waals surface area (Å²) in [6, 6.07) is 6.41. The summed E-state index contributed by atoms with van der Waals surface area (Å²) in [5, 5.41) is 4.56. The third kappa shape index (κ3) is 1.73. The molecule has 4 heteroatoms. The molecule has 0 saturated carbocycles. The number of benzene rings is 1. The molecular formula is C14H16FN3. The first-order valence-electron chi connectivity index (χ1n) is 6.26. The maximum absolute atomic E-state index is 13.0. The lowest BCUT2D eigenvalue weighted by Gasteiger charge is -2.20. The van der Waals surface area contributed by atoms with Crippen molar-refractivity contribution < 1.29 is 4.39 Å². The summed E-state index contributed by atoms with van der Waals surface area (Å²) < 4.78 is 14.8. The van der Waals surface area contributed by atoms with Crippen LogP contribution in [0.15, 0.2) is 24.3 Å². The van der Waals surface area contributed by atoms with Gasteiger partial charge in [-0.3, -0.25) is 0 Å². The van der Waals surface area contributed by atoms with E-state index in [0.29, 0.717) is 0 Å². The lowest BCUT2D eigenvalue weighted by molar-refractivity contribution is 0.542. The Kier molecular flexibility index (Phi) is 2.67. The Morgan fingerprint density at radius 3 is 2.78 bits per heavy atom. The van der Waals surface area contributed by atoms with E-state index in [0.717, 1.165) is 36.3 Å².